The monoisotopic (exact) mass is 396 g/mol. The van der Waals surface area contributed by atoms with Gasteiger partial charge in [0.05, 0.1) is 10.6 Å². The number of rotatable bonds is 6. The van der Waals surface area contributed by atoms with Crippen LogP contribution in [-0.4, -0.2) is 35.2 Å². The van der Waals surface area contributed by atoms with E-state index in [9.17, 15) is 4.79 Å². The number of anilines is 1. The van der Waals surface area contributed by atoms with Crippen LogP contribution in [0.15, 0.2) is 58.4 Å². The van der Waals surface area contributed by atoms with E-state index >= 15 is 0 Å². The van der Waals surface area contributed by atoms with Crippen molar-refractivity contribution in [3.05, 3.63) is 59.6 Å². The van der Waals surface area contributed by atoms with Gasteiger partial charge in [-0.1, -0.05) is 35.8 Å². The lowest BCUT2D eigenvalue weighted by molar-refractivity contribution is 0.135. The third kappa shape index (κ3) is 4.79. The van der Waals surface area contributed by atoms with Gasteiger partial charge in [0.15, 0.2) is 5.76 Å². The van der Waals surface area contributed by atoms with Gasteiger partial charge in [0.2, 0.25) is 0 Å². The average Bonchev–Trinajstić information content (AvgIpc) is 3.40. The zero-order valence-electron chi connectivity index (χ0n) is 15.6. The second-order valence-corrected chi connectivity index (χ2v) is 7.93. The Morgan fingerprint density at radius 2 is 2.11 bits per heavy atom. The molecule has 1 aliphatic heterocycles. The molecule has 0 spiro atoms. The molecule has 2 amide bonds. The van der Waals surface area contributed by atoms with Crippen molar-refractivity contribution in [2.45, 2.75) is 31.8 Å². The molecule has 4 rings (SSSR count). The maximum atomic E-state index is 12.2. The lowest BCUT2D eigenvalue weighted by atomic mass is 10.0. The van der Waals surface area contributed by atoms with Crippen LogP contribution in [0.3, 0.4) is 0 Å². The van der Waals surface area contributed by atoms with Gasteiger partial charge in [0.25, 0.3) is 0 Å². The predicted molar refractivity (Wildman–Crippen MR) is 111 cm³/mol. The largest absolute Gasteiger partial charge is 0.355 e. The number of para-hydroxylation sites is 1. The van der Waals surface area contributed by atoms with E-state index in [1.807, 2.05) is 53.9 Å². The normalized spacial score (nSPS) is 17.4. The summed E-state index contributed by atoms with van der Waals surface area (Å²) in [5.41, 5.74) is 1.73. The summed E-state index contributed by atoms with van der Waals surface area (Å²) in [4.78, 5) is 15.7. The lowest BCUT2D eigenvalue weighted by Crippen LogP contribution is -2.47. The Labute approximate surface area is 168 Å². The molecule has 28 heavy (non-hydrogen) atoms. The van der Waals surface area contributed by atoms with E-state index in [0.717, 1.165) is 41.5 Å². The molecule has 1 aromatic carbocycles. The van der Waals surface area contributed by atoms with Crippen LogP contribution in [0.4, 0.5) is 10.5 Å². The van der Waals surface area contributed by atoms with E-state index in [0.29, 0.717) is 12.6 Å². The highest BCUT2D eigenvalue weighted by molar-refractivity contribution is 7.13. The molecule has 1 unspecified atom stereocenters. The number of benzene rings is 1. The minimum atomic E-state index is -0.168. The minimum Gasteiger partial charge on any atom is -0.355 e. The molecule has 6 nitrogen and oxygen atoms in total. The van der Waals surface area contributed by atoms with Gasteiger partial charge in [-0.05, 0) is 43.0 Å². The highest BCUT2D eigenvalue weighted by Crippen LogP contribution is 2.26. The number of piperidine rings is 1. The molecule has 1 atom stereocenters. The molecule has 1 saturated heterocycles. The van der Waals surface area contributed by atoms with Crippen molar-refractivity contribution in [1.82, 2.24) is 15.4 Å². The third-order valence-electron chi connectivity index (χ3n) is 4.97. The smallest absolute Gasteiger partial charge is 0.319 e. The number of carbonyl (C=O) groups excluding carboxylic acids is 1. The molecule has 0 radical (unpaired) electrons. The molecule has 0 saturated carbocycles. The summed E-state index contributed by atoms with van der Waals surface area (Å²) in [6.07, 6.45) is 3.42. The molecule has 3 aromatic rings. The highest BCUT2D eigenvalue weighted by Gasteiger charge is 2.24. The molecule has 146 valence electrons. The second kappa shape index (κ2) is 9.03. The van der Waals surface area contributed by atoms with E-state index in [2.05, 4.69) is 20.7 Å². The van der Waals surface area contributed by atoms with Crippen LogP contribution in [0.1, 0.15) is 25.0 Å². The Kier molecular flexibility index (Phi) is 6.04. The van der Waals surface area contributed by atoms with Gasteiger partial charge in [0.1, 0.15) is 0 Å². The maximum Gasteiger partial charge on any atom is 0.319 e. The van der Waals surface area contributed by atoms with Crippen LogP contribution in [-0.2, 0) is 6.54 Å². The fourth-order valence-corrected chi connectivity index (χ4v) is 4.21. The van der Waals surface area contributed by atoms with Crippen LogP contribution in [0.5, 0.6) is 0 Å². The van der Waals surface area contributed by atoms with Crippen LogP contribution in [0, 0.1) is 0 Å². The van der Waals surface area contributed by atoms with Crippen molar-refractivity contribution in [2.75, 3.05) is 18.4 Å². The van der Waals surface area contributed by atoms with Crippen molar-refractivity contribution in [3.8, 4) is 10.6 Å². The lowest BCUT2D eigenvalue weighted by Gasteiger charge is -2.35. The van der Waals surface area contributed by atoms with Crippen molar-refractivity contribution >= 4 is 23.1 Å². The number of carbonyl (C=O) groups is 1. The summed E-state index contributed by atoms with van der Waals surface area (Å²) in [7, 11) is 0. The van der Waals surface area contributed by atoms with Gasteiger partial charge in [-0.15, -0.1) is 11.3 Å². The van der Waals surface area contributed by atoms with E-state index in [4.69, 9.17) is 4.52 Å². The molecule has 2 N–H and O–H groups in total. The highest BCUT2D eigenvalue weighted by atomic mass is 32.1. The molecule has 0 bridgehead atoms. The molecule has 7 heteroatoms. The van der Waals surface area contributed by atoms with Crippen molar-refractivity contribution in [3.63, 3.8) is 0 Å². The molecular weight excluding hydrogens is 372 g/mol. The van der Waals surface area contributed by atoms with E-state index < -0.39 is 0 Å². The zero-order valence-corrected chi connectivity index (χ0v) is 16.5. The molecule has 3 heterocycles. The summed E-state index contributed by atoms with van der Waals surface area (Å²) in [5, 5.41) is 12.2. The first kappa shape index (κ1) is 18.7. The number of urea groups is 1. The fraction of sp³-hybridized carbons (Fsp3) is 0.333. The number of nitrogens with zero attached hydrogens (tertiary/aromatic N) is 2. The van der Waals surface area contributed by atoms with E-state index in [1.54, 1.807) is 11.3 Å². The van der Waals surface area contributed by atoms with Gasteiger partial charge < -0.3 is 15.2 Å². The number of hydrogen-bond acceptors (Lipinski definition) is 5. The van der Waals surface area contributed by atoms with Crippen LogP contribution in [0.2, 0.25) is 0 Å². The quantitative estimate of drug-likeness (QED) is 0.640. The maximum absolute atomic E-state index is 12.2. The molecule has 1 fully saturated rings. The Bertz CT molecular complexity index is 879. The van der Waals surface area contributed by atoms with Gasteiger partial charge in [-0.25, -0.2) is 4.79 Å². The van der Waals surface area contributed by atoms with Crippen LogP contribution < -0.4 is 10.6 Å². The Balaban J connectivity index is 1.32. The third-order valence-corrected chi connectivity index (χ3v) is 5.85. The fourth-order valence-electron chi connectivity index (χ4n) is 3.54. The topological polar surface area (TPSA) is 70.4 Å². The zero-order chi connectivity index (χ0) is 19.2. The summed E-state index contributed by atoms with van der Waals surface area (Å²) < 4.78 is 5.50. The minimum absolute atomic E-state index is 0.168. The molecule has 2 aromatic heterocycles. The number of nitrogens with one attached hydrogen (secondary N) is 2. The number of thiophene rings is 1. The second-order valence-electron chi connectivity index (χ2n) is 6.98. The van der Waals surface area contributed by atoms with Gasteiger partial charge in [-0.2, -0.15) is 0 Å². The average molecular weight is 397 g/mol. The standard InChI is InChI=1S/C21H24N4O2S/c26-21(23-16-7-2-1-3-8-16)22-14-18-9-4-5-11-25(18)15-17-13-19(27-24-17)20-10-6-12-28-20/h1-3,6-8,10,12-13,18H,4-5,9,11,14-15H2,(H2,22,23,26). The first-order valence-corrected chi connectivity index (χ1v) is 10.5. The van der Waals surface area contributed by atoms with Gasteiger partial charge in [-0.3, -0.25) is 4.90 Å². The summed E-state index contributed by atoms with van der Waals surface area (Å²) in [6.45, 7) is 2.36. The first-order valence-electron chi connectivity index (χ1n) is 9.61. The first-order chi connectivity index (χ1) is 13.8. The summed E-state index contributed by atoms with van der Waals surface area (Å²) in [5.74, 6) is 0.818. The van der Waals surface area contributed by atoms with Crippen molar-refractivity contribution in [1.29, 1.82) is 0 Å². The van der Waals surface area contributed by atoms with E-state index in [-0.39, 0.29) is 6.03 Å². The van der Waals surface area contributed by atoms with Gasteiger partial charge in [0, 0.05) is 30.9 Å². The summed E-state index contributed by atoms with van der Waals surface area (Å²) >= 11 is 1.65. The Hall–Kier alpha value is -2.64. The van der Waals surface area contributed by atoms with Crippen LogP contribution in [0.25, 0.3) is 10.6 Å². The SMILES string of the molecule is O=C(NCC1CCCCN1Cc1cc(-c2cccs2)on1)Nc1ccccc1. The Morgan fingerprint density at radius 1 is 1.21 bits per heavy atom. The summed E-state index contributed by atoms with van der Waals surface area (Å²) in [6, 6.07) is 15.7. The number of hydrogen-bond donors (Lipinski definition) is 2. The predicted octanol–water partition coefficient (Wildman–Crippen LogP) is 4.58. The molecule has 0 aliphatic carbocycles. The van der Waals surface area contributed by atoms with Crippen molar-refractivity contribution in [2.24, 2.45) is 0 Å². The Morgan fingerprint density at radius 3 is 2.93 bits per heavy atom. The molecule has 1 aliphatic rings. The van der Waals surface area contributed by atoms with E-state index in [1.165, 1.54) is 12.8 Å². The van der Waals surface area contributed by atoms with Crippen molar-refractivity contribution < 1.29 is 9.32 Å². The molecular formula is C21H24N4O2S. The number of amides is 2. The number of likely N-dealkylation sites (tertiary alicyclic amines) is 1. The van der Waals surface area contributed by atoms with Crippen LogP contribution >= 0.6 is 11.3 Å². The van der Waals surface area contributed by atoms with Gasteiger partial charge >= 0.3 is 6.03 Å². The number of aromatic nitrogens is 1.